The van der Waals surface area contributed by atoms with Crippen LogP contribution in [-0.4, -0.2) is 85.6 Å². The Bertz CT molecular complexity index is 827. The summed E-state index contributed by atoms with van der Waals surface area (Å²) >= 11 is 0. The van der Waals surface area contributed by atoms with E-state index in [-0.39, 0.29) is 12.3 Å². The van der Waals surface area contributed by atoms with E-state index in [2.05, 4.69) is 20.6 Å². The Balaban J connectivity index is 2.10. The SMILES string of the molecule is CC(C)CC(NC(=O)C(N)Cc1cnc[nH]1)C(=O)N1CCCC1C(=O)NC(C(=O)O)C(C)O. The second kappa shape index (κ2) is 11.8. The Labute approximate surface area is 192 Å². The average molecular weight is 467 g/mol. The molecule has 1 aliphatic heterocycles. The van der Waals surface area contributed by atoms with Crippen LogP contribution in [0, 0.1) is 5.92 Å². The number of carboxylic acids is 1. The van der Waals surface area contributed by atoms with Gasteiger partial charge >= 0.3 is 5.97 Å². The van der Waals surface area contributed by atoms with Gasteiger partial charge in [-0.15, -0.1) is 0 Å². The fraction of sp³-hybridized carbons (Fsp3) is 0.667. The first-order valence-electron chi connectivity index (χ1n) is 11.1. The quantitative estimate of drug-likeness (QED) is 0.233. The summed E-state index contributed by atoms with van der Waals surface area (Å²) in [6, 6.07) is -4.15. The number of nitrogens with zero attached hydrogens (tertiary/aromatic N) is 2. The van der Waals surface area contributed by atoms with E-state index in [1.807, 2.05) is 13.8 Å². The van der Waals surface area contributed by atoms with Crippen molar-refractivity contribution in [3.63, 3.8) is 0 Å². The van der Waals surface area contributed by atoms with Crippen molar-refractivity contribution in [3.05, 3.63) is 18.2 Å². The van der Waals surface area contributed by atoms with E-state index < -0.39 is 54.0 Å². The number of carboxylic acid groups (broad SMARTS) is 1. The molecular formula is C21H34N6O6. The minimum Gasteiger partial charge on any atom is -0.480 e. The third-order valence-electron chi connectivity index (χ3n) is 5.54. The molecule has 7 N–H and O–H groups in total. The summed E-state index contributed by atoms with van der Waals surface area (Å²) < 4.78 is 0. The first kappa shape index (κ1) is 26.3. The molecule has 1 aromatic heterocycles. The van der Waals surface area contributed by atoms with Crippen LogP contribution in [0.3, 0.4) is 0 Å². The average Bonchev–Trinajstić information content (AvgIpc) is 3.41. The number of nitrogens with two attached hydrogens (primary N) is 1. The molecule has 0 saturated carbocycles. The smallest absolute Gasteiger partial charge is 0.328 e. The Morgan fingerprint density at radius 1 is 1.27 bits per heavy atom. The molecule has 1 aromatic rings. The van der Waals surface area contributed by atoms with E-state index in [9.17, 15) is 29.4 Å². The third kappa shape index (κ3) is 7.26. The molecule has 3 amide bonds. The third-order valence-corrected chi connectivity index (χ3v) is 5.54. The Kier molecular flexibility index (Phi) is 9.35. The number of aliphatic hydroxyl groups is 1. The summed E-state index contributed by atoms with van der Waals surface area (Å²) in [5, 5.41) is 23.9. The van der Waals surface area contributed by atoms with Gasteiger partial charge in [0.1, 0.15) is 12.1 Å². The number of nitrogens with one attached hydrogen (secondary N) is 3. The van der Waals surface area contributed by atoms with Crippen LogP contribution >= 0.6 is 0 Å². The molecule has 1 fully saturated rings. The molecule has 2 rings (SSSR count). The zero-order valence-electron chi connectivity index (χ0n) is 19.2. The van der Waals surface area contributed by atoms with Crippen LogP contribution in [0.4, 0.5) is 0 Å². The Morgan fingerprint density at radius 3 is 2.52 bits per heavy atom. The number of aliphatic carboxylic acids is 1. The van der Waals surface area contributed by atoms with Gasteiger partial charge in [0.15, 0.2) is 6.04 Å². The summed E-state index contributed by atoms with van der Waals surface area (Å²) in [6.07, 6.45) is 3.21. The number of aromatic nitrogens is 2. The fourth-order valence-electron chi connectivity index (χ4n) is 3.84. The molecule has 0 radical (unpaired) electrons. The zero-order chi connectivity index (χ0) is 24.7. The van der Waals surface area contributed by atoms with E-state index in [1.54, 1.807) is 6.20 Å². The van der Waals surface area contributed by atoms with Crippen LogP contribution < -0.4 is 16.4 Å². The number of hydrogen-bond donors (Lipinski definition) is 6. The van der Waals surface area contributed by atoms with Crippen molar-refractivity contribution < 1.29 is 29.4 Å². The lowest BCUT2D eigenvalue weighted by molar-refractivity contribution is -0.147. The van der Waals surface area contributed by atoms with Crippen molar-refractivity contribution >= 4 is 23.7 Å². The number of H-pyrrole nitrogens is 1. The second-order valence-corrected chi connectivity index (χ2v) is 8.83. The molecule has 12 nitrogen and oxygen atoms in total. The second-order valence-electron chi connectivity index (χ2n) is 8.83. The van der Waals surface area contributed by atoms with Crippen molar-refractivity contribution in [2.75, 3.05) is 6.54 Å². The van der Waals surface area contributed by atoms with Gasteiger partial charge in [0.05, 0.1) is 18.5 Å². The van der Waals surface area contributed by atoms with Crippen LogP contribution in [0.15, 0.2) is 12.5 Å². The largest absolute Gasteiger partial charge is 0.480 e. The molecule has 5 unspecified atom stereocenters. The van der Waals surface area contributed by atoms with Gasteiger partial charge in [0.25, 0.3) is 0 Å². The molecule has 0 bridgehead atoms. The zero-order valence-corrected chi connectivity index (χ0v) is 19.2. The van der Waals surface area contributed by atoms with Crippen LogP contribution in [0.25, 0.3) is 0 Å². The molecule has 33 heavy (non-hydrogen) atoms. The van der Waals surface area contributed by atoms with Crippen molar-refractivity contribution in [2.45, 2.75) is 76.7 Å². The molecule has 1 aliphatic rings. The summed E-state index contributed by atoms with van der Waals surface area (Å²) in [5.74, 6) is -2.87. The van der Waals surface area contributed by atoms with Crippen molar-refractivity contribution in [1.82, 2.24) is 25.5 Å². The minimum absolute atomic E-state index is 0.0737. The fourth-order valence-corrected chi connectivity index (χ4v) is 3.84. The molecule has 0 spiro atoms. The highest BCUT2D eigenvalue weighted by Crippen LogP contribution is 2.21. The highest BCUT2D eigenvalue weighted by Gasteiger charge is 2.39. The predicted molar refractivity (Wildman–Crippen MR) is 118 cm³/mol. The molecule has 0 aromatic carbocycles. The summed E-state index contributed by atoms with van der Waals surface area (Å²) in [4.78, 5) is 58.2. The van der Waals surface area contributed by atoms with Gasteiger partial charge in [-0.3, -0.25) is 14.4 Å². The minimum atomic E-state index is -1.48. The highest BCUT2D eigenvalue weighted by molar-refractivity contribution is 5.94. The lowest BCUT2D eigenvalue weighted by atomic mass is 10.0. The van der Waals surface area contributed by atoms with Gasteiger partial charge in [-0.25, -0.2) is 9.78 Å². The van der Waals surface area contributed by atoms with Crippen molar-refractivity contribution in [3.8, 4) is 0 Å². The topological polar surface area (TPSA) is 191 Å². The maximum absolute atomic E-state index is 13.3. The lowest BCUT2D eigenvalue weighted by Crippen LogP contribution is -2.58. The van der Waals surface area contributed by atoms with Crippen LogP contribution in [0.5, 0.6) is 0 Å². The molecule has 184 valence electrons. The number of hydrogen-bond acceptors (Lipinski definition) is 7. The maximum atomic E-state index is 13.3. The van der Waals surface area contributed by atoms with Gasteiger partial charge in [-0.05, 0) is 32.1 Å². The van der Waals surface area contributed by atoms with Crippen LogP contribution in [0.2, 0.25) is 0 Å². The summed E-state index contributed by atoms with van der Waals surface area (Å²) in [7, 11) is 0. The van der Waals surface area contributed by atoms with Crippen molar-refractivity contribution in [1.29, 1.82) is 0 Å². The number of amides is 3. The first-order valence-corrected chi connectivity index (χ1v) is 11.1. The van der Waals surface area contributed by atoms with Gasteiger partial charge in [-0.2, -0.15) is 0 Å². The number of imidazole rings is 1. The first-order chi connectivity index (χ1) is 15.5. The number of aromatic amines is 1. The molecular weight excluding hydrogens is 432 g/mol. The van der Waals surface area contributed by atoms with Gasteiger partial charge < -0.3 is 36.5 Å². The number of aliphatic hydroxyl groups excluding tert-OH is 1. The van der Waals surface area contributed by atoms with Gasteiger partial charge in [0.2, 0.25) is 17.7 Å². The van der Waals surface area contributed by atoms with Gasteiger partial charge in [0, 0.05) is 24.9 Å². The van der Waals surface area contributed by atoms with E-state index in [1.165, 1.54) is 18.2 Å². The summed E-state index contributed by atoms with van der Waals surface area (Å²) in [6.45, 7) is 5.38. The van der Waals surface area contributed by atoms with Crippen LogP contribution in [0.1, 0.15) is 45.7 Å². The maximum Gasteiger partial charge on any atom is 0.328 e. The molecule has 5 atom stereocenters. The van der Waals surface area contributed by atoms with Crippen molar-refractivity contribution in [2.24, 2.45) is 11.7 Å². The molecule has 1 saturated heterocycles. The van der Waals surface area contributed by atoms with Crippen LogP contribution in [-0.2, 0) is 25.6 Å². The Hall–Kier alpha value is -2.99. The van der Waals surface area contributed by atoms with E-state index >= 15 is 0 Å². The highest BCUT2D eigenvalue weighted by atomic mass is 16.4. The molecule has 0 aliphatic carbocycles. The standard InChI is InChI=1S/C21H34N6O6/c1-11(2)7-15(25-18(29)14(22)8-13-9-23-10-24-13)20(31)27-6-4-5-16(27)19(30)26-17(12(3)28)21(32)33/h9-12,14-17,28H,4-8,22H2,1-3H3,(H,23,24)(H,25,29)(H,26,30)(H,32,33). The van der Waals surface area contributed by atoms with E-state index in [4.69, 9.17) is 5.73 Å². The van der Waals surface area contributed by atoms with E-state index in [0.717, 1.165) is 0 Å². The summed E-state index contributed by atoms with van der Waals surface area (Å²) in [5.41, 5.74) is 6.69. The number of carbonyl (C=O) groups excluding carboxylic acids is 3. The van der Waals surface area contributed by atoms with E-state index in [0.29, 0.717) is 31.5 Å². The number of rotatable bonds is 11. The Morgan fingerprint density at radius 2 is 1.97 bits per heavy atom. The number of carbonyl (C=O) groups is 4. The molecule has 12 heteroatoms. The predicted octanol–water partition coefficient (Wildman–Crippen LogP) is -1.25. The van der Waals surface area contributed by atoms with Gasteiger partial charge in [-0.1, -0.05) is 13.8 Å². The normalized spacial score (nSPS) is 19.6. The lowest BCUT2D eigenvalue weighted by Gasteiger charge is -2.31. The monoisotopic (exact) mass is 466 g/mol. The number of likely N-dealkylation sites (tertiary alicyclic amines) is 1. The molecule has 2 heterocycles.